The van der Waals surface area contributed by atoms with Crippen molar-refractivity contribution in [2.45, 2.75) is 19.8 Å². The number of rotatable bonds is 3. The summed E-state index contributed by atoms with van der Waals surface area (Å²) in [7, 11) is 0. The molecule has 5 heteroatoms. The van der Waals surface area contributed by atoms with Gasteiger partial charge >= 0.3 is 0 Å². The Hall–Kier alpha value is -1.94. The van der Waals surface area contributed by atoms with Crippen molar-refractivity contribution in [2.24, 2.45) is 0 Å². The van der Waals surface area contributed by atoms with Crippen LogP contribution in [-0.4, -0.2) is 15.9 Å². The molecule has 1 aromatic carbocycles. The molecule has 0 spiro atoms. The Morgan fingerprint density at radius 3 is 2.79 bits per heavy atom. The van der Waals surface area contributed by atoms with Crippen molar-refractivity contribution in [1.29, 1.82) is 0 Å². The van der Waals surface area contributed by atoms with Crippen molar-refractivity contribution in [1.82, 2.24) is 9.97 Å². The molecule has 0 aliphatic carbocycles. The zero-order chi connectivity index (χ0) is 13.8. The zero-order valence-corrected chi connectivity index (χ0v) is 11.5. The van der Waals surface area contributed by atoms with Gasteiger partial charge in [0.1, 0.15) is 10.8 Å². The molecule has 0 aliphatic rings. The molecule has 0 radical (unpaired) electrons. The van der Waals surface area contributed by atoms with Gasteiger partial charge in [0, 0.05) is 5.69 Å². The molecule has 1 aromatic heterocycles. The fraction of sp³-hybridized carbons (Fsp3) is 0.214. The molecule has 1 N–H and O–H groups in total. The maximum absolute atomic E-state index is 12.0. The molecule has 0 aliphatic heterocycles. The molecule has 0 saturated carbocycles. The second-order valence-corrected chi connectivity index (χ2v) is 4.85. The van der Waals surface area contributed by atoms with Crippen LogP contribution in [0.1, 0.15) is 35.8 Å². The van der Waals surface area contributed by atoms with Gasteiger partial charge in [-0.2, -0.15) is 0 Å². The molecule has 4 nitrogen and oxygen atoms in total. The van der Waals surface area contributed by atoms with Crippen LogP contribution in [0.5, 0.6) is 0 Å². The van der Waals surface area contributed by atoms with E-state index in [-0.39, 0.29) is 16.8 Å². The minimum absolute atomic E-state index is 0.197. The number of nitrogens with one attached hydrogen (secondary N) is 1. The van der Waals surface area contributed by atoms with Crippen LogP contribution in [0.2, 0.25) is 5.15 Å². The summed E-state index contributed by atoms with van der Waals surface area (Å²) in [6.07, 6.45) is 2.77. The van der Waals surface area contributed by atoms with E-state index in [4.69, 9.17) is 11.6 Å². The maximum Gasteiger partial charge on any atom is 0.275 e. The highest BCUT2D eigenvalue weighted by atomic mass is 35.5. The average Bonchev–Trinajstić information content (AvgIpc) is 2.39. The molecule has 98 valence electrons. The summed E-state index contributed by atoms with van der Waals surface area (Å²) < 4.78 is 0. The van der Waals surface area contributed by atoms with Gasteiger partial charge in [-0.3, -0.25) is 9.78 Å². The van der Waals surface area contributed by atoms with Crippen molar-refractivity contribution in [3.05, 3.63) is 53.1 Å². The molecule has 19 heavy (non-hydrogen) atoms. The number of hydrogen-bond acceptors (Lipinski definition) is 3. The summed E-state index contributed by atoms with van der Waals surface area (Å²) in [4.78, 5) is 19.7. The largest absolute Gasteiger partial charge is 0.321 e. The van der Waals surface area contributed by atoms with Crippen LogP contribution in [0, 0.1) is 0 Å². The first-order chi connectivity index (χ1) is 9.06. The van der Waals surface area contributed by atoms with E-state index < -0.39 is 0 Å². The standard InChI is InChI=1S/C14H14ClN3O/c1-9(2)10-4-3-5-11(6-10)17-14(19)12-7-16-8-13(15)18-12/h3-9H,1-2H3,(H,17,19). The summed E-state index contributed by atoms with van der Waals surface area (Å²) in [5, 5.41) is 2.98. The van der Waals surface area contributed by atoms with E-state index in [0.717, 1.165) is 11.3 Å². The second kappa shape index (κ2) is 5.80. The molecule has 0 bridgehead atoms. The number of benzene rings is 1. The van der Waals surface area contributed by atoms with Gasteiger partial charge in [-0.15, -0.1) is 0 Å². The van der Waals surface area contributed by atoms with Crippen LogP contribution in [0.4, 0.5) is 5.69 Å². The van der Waals surface area contributed by atoms with Crippen molar-refractivity contribution in [3.63, 3.8) is 0 Å². The lowest BCUT2D eigenvalue weighted by molar-refractivity contribution is 0.102. The van der Waals surface area contributed by atoms with Gasteiger partial charge in [-0.05, 0) is 23.6 Å². The Morgan fingerprint density at radius 1 is 1.32 bits per heavy atom. The molecular formula is C14H14ClN3O. The molecule has 1 amide bonds. The summed E-state index contributed by atoms with van der Waals surface area (Å²) in [5.41, 5.74) is 2.09. The van der Waals surface area contributed by atoms with Crippen molar-refractivity contribution in [2.75, 3.05) is 5.32 Å². The van der Waals surface area contributed by atoms with Gasteiger partial charge in [0.25, 0.3) is 5.91 Å². The molecule has 0 atom stereocenters. The number of carbonyl (C=O) groups excluding carboxylic acids is 1. The first-order valence-electron chi connectivity index (χ1n) is 5.95. The number of nitrogens with zero attached hydrogens (tertiary/aromatic N) is 2. The lowest BCUT2D eigenvalue weighted by atomic mass is 10.0. The molecule has 2 rings (SSSR count). The summed E-state index contributed by atoms with van der Waals surface area (Å²) in [6, 6.07) is 7.72. The molecule has 0 fully saturated rings. The third-order valence-electron chi connectivity index (χ3n) is 2.65. The average molecular weight is 276 g/mol. The van der Waals surface area contributed by atoms with Gasteiger partial charge in [-0.1, -0.05) is 37.6 Å². The first-order valence-corrected chi connectivity index (χ1v) is 6.33. The lowest BCUT2D eigenvalue weighted by Crippen LogP contribution is -2.14. The smallest absolute Gasteiger partial charge is 0.275 e. The Bertz CT molecular complexity index is 599. The van der Waals surface area contributed by atoms with Crippen LogP contribution >= 0.6 is 11.6 Å². The Balaban J connectivity index is 2.17. The topological polar surface area (TPSA) is 54.9 Å². The summed E-state index contributed by atoms with van der Waals surface area (Å²) in [5.74, 6) is 0.0821. The minimum Gasteiger partial charge on any atom is -0.321 e. The Kier molecular flexibility index (Phi) is 4.12. The Morgan fingerprint density at radius 2 is 2.11 bits per heavy atom. The Labute approximate surface area is 116 Å². The number of hydrogen-bond donors (Lipinski definition) is 1. The molecular weight excluding hydrogens is 262 g/mol. The van der Waals surface area contributed by atoms with Gasteiger partial charge in [0.05, 0.1) is 12.4 Å². The predicted octanol–water partition coefficient (Wildman–Crippen LogP) is 3.51. The van der Waals surface area contributed by atoms with Gasteiger partial charge < -0.3 is 5.32 Å². The SMILES string of the molecule is CC(C)c1cccc(NC(=O)c2cncc(Cl)n2)c1. The normalized spacial score (nSPS) is 10.5. The van der Waals surface area contributed by atoms with E-state index in [9.17, 15) is 4.79 Å². The summed E-state index contributed by atoms with van der Waals surface area (Å²) >= 11 is 5.71. The van der Waals surface area contributed by atoms with E-state index in [1.807, 2.05) is 24.3 Å². The quantitative estimate of drug-likeness (QED) is 0.933. The van der Waals surface area contributed by atoms with Crippen LogP contribution < -0.4 is 5.32 Å². The van der Waals surface area contributed by atoms with Crippen LogP contribution in [0.25, 0.3) is 0 Å². The molecule has 0 unspecified atom stereocenters. The summed E-state index contributed by atoms with van der Waals surface area (Å²) in [6.45, 7) is 4.20. The highest BCUT2D eigenvalue weighted by Crippen LogP contribution is 2.18. The van der Waals surface area contributed by atoms with Gasteiger partial charge in [0.2, 0.25) is 0 Å². The van der Waals surface area contributed by atoms with Crippen LogP contribution in [-0.2, 0) is 0 Å². The molecule has 2 aromatic rings. The second-order valence-electron chi connectivity index (χ2n) is 4.46. The van der Waals surface area contributed by atoms with Crippen molar-refractivity contribution < 1.29 is 4.79 Å². The predicted molar refractivity (Wildman–Crippen MR) is 75.5 cm³/mol. The van der Waals surface area contributed by atoms with Crippen molar-refractivity contribution >= 4 is 23.2 Å². The van der Waals surface area contributed by atoms with Gasteiger partial charge in [-0.25, -0.2) is 4.98 Å². The number of halogens is 1. The lowest BCUT2D eigenvalue weighted by Gasteiger charge is -2.09. The third kappa shape index (κ3) is 3.51. The first kappa shape index (κ1) is 13.5. The minimum atomic E-state index is -0.323. The van der Waals surface area contributed by atoms with E-state index in [1.54, 1.807) is 0 Å². The molecule has 0 saturated heterocycles. The fourth-order valence-electron chi connectivity index (χ4n) is 1.62. The maximum atomic E-state index is 12.0. The van der Waals surface area contributed by atoms with E-state index in [2.05, 4.69) is 29.1 Å². The number of amides is 1. The monoisotopic (exact) mass is 275 g/mol. The van der Waals surface area contributed by atoms with E-state index >= 15 is 0 Å². The van der Waals surface area contributed by atoms with Crippen LogP contribution in [0.15, 0.2) is 36.7 Å². The zero-order valence-electron chi connectivity index (χ0n) is 10.7. The molecule has 1 heterocycles. The number of carbonyl (C=O) groups is 1. The van der Waals surface area contributed by atoms with Gasteiger partial charge in [0.15, 0.2) is 0 Å². The third-order valence-corrected chi connectivity index (χ3v) is 2.83. The number of aromatic nitrogens is 2. The highest BCUT2D eigenvalue weighted by molar-refractivity contribution is 6.29. The van der Waals surface area contributed by atoms with E-state index in [1.165, 1.54) is 12.4 Å². The highest BCUT2D eigenvalue weighted by Gasteiger charge is 2.09. The number of anilines is 1. The van der Waals surface area contributed by atoms with Crippen LogP contribution in [0.3, 0.4) is 0 Å². The fourth-order valence-corrected chi connectivity index (χ4v) is 1.77. The van der Waals surface area contributed by atoms with E-state index in [0.29, 0.717) is 5.92 Å². The van der Waals surface area contributed by atoms with Crippen molar-refractivity contribution in [3.8, 4) is 0 Å².